The van der Waals surface area contributed by atoms with Crippen LogP contribution in [0.15, 0.2) is 36.5 Å². The molecule has 0 aliphatic heterocycles. The number of unbranched alkanes of at least 4 members (excludes halogenated alkanes) is 2. The van der Waals surface area contributed by atoms with Gasteiger partial charge in [-0.15, -0.1) is 0 Å². The number of hydrogen-bond donors (Lipinski definition) is 2. The topological polar surface area (TPSA) is 57.5 Å². The fourth-order valence-electron chi connectivity index (χ4n) is 0.980. The van der Waals surface area contributed by atoms with E-state index in [4.69, 9.17) is 15.0 Å². The summed E-state index contributed by atoms with van der Waals surface area (Å²) in [7, 11) is 0. The summed E-state index contributed by atoms with van der Waals surface area (Å²) in [6.07, 6.45) is 16.8. The lowest BCUT2D eigenvalue weighted by molar-refractivity contribution is -0.134. The molecule has 0 aliphatic carbocycles. The average molecular weight is 240 g/mol. The highest BCUT2D eigenvalue weighted by Gasteiger charge is 1.77. The molecule has 0 rings (SSSR count). The Morgan fingerprint density at radius 2 is 1.29 bits per heavy atom. The minimum Gasteiger partial charge on any atom is -0.481 e. The number of aliphatic hydroxyl groups excluding tert-OH is 1. The van der Waals surface area contributed by atoms with Gasteiger partial charge in [-0.2, -0.15) is 0 Å². The standard InChI is InChI=1S/C12H20O.C2H4O2/c1-2-3-4-5-6-7-8-9-10-11-12-13;1-2(3)4/h2-3,6-7,10-11,13H,4-5,8-9,12H2,1H3;1H3,(H,3,4). The molecule has 3 heteroatoms. The first-order chi connectivity index (χ1) is 8.15. The minimum absolute atomic E-state index is 0.158. The van der Waals surface area contributed by atoms with E-state index in [1.807, 2.05) is 13.0 Å². The predicted molar refractivity (Wildman–Crippen MR) is 72.0 cm³/mol. The molecular formula is C14H24O3. The van der Waals surface area contributed by atoms with E-state index in [0.29, 0.717) is 0 Å². The van der Waals surface area contributed by atoms with Crippen LogP contribution in [0, 0.1) is 0 Å². The molecule has 0 bridgehead atoms. The van der Waals surface area contributed by atoms with E-state index in [-0.39, 0.29) is 6.61 Å². The lowest BCUT2D eigenvalue weighted by Crippen LogP contribution is -1.78. The number of carboxylic acids is 1. The van der Waals surface area contributed by atoms with Gasteiger partial charge in [-0.3, -0.25) is 4.79 Å². The maximum absolute atomic E-state index is 9.00. The van der Waals surface area contributed by atoms with E-state index < -0.39 is 5.97 Å². The van der Waals surface area contributed by atoms with Crippen LogP contribution in [-0.4, -0.2) is 22.8 Å². The first-order valence-corrected chi connectivity index (χ1v) is 5.86. The Labute approximate surface area is 104 Å². The fraction of sp³-hybridized carbons (Fsp3) is 0.500. The van der Waals surface area contributed by atoms with Gasteiger partial charge in [0.15, 0.2) is 0 Å². The Morgan fingerprint density at radius 1 is 0.941 bits per heavy atom. The van der Waals surface area contributed by atoms with Crippen molar-refractivity contribution in [1.29, 1.82) is 0 Å². The van der Waals surface area contributed by atoms with Gasteiger partial charge in [-0.25, -0.2) is 0 Å². The van der Waals surface area contributed by atoms with Crippen LogP contribution < -0.4 is 0 Å². The summed E-state index contributed by atoms with van der Waals surface area (Å²) in [5.74, 6) is -0.833. The molecule has 0 saturated carbocycles. The average Bonchev–Trinajstić information content (AvgIpc) is 2.26. The molecule has 2 N–H and O–H groups in total. The third-order valence-electron chi connectivity index (χ3n) is 1.67. The zero-order chi connectivity index (χ0) is 13.4. The van der Waals surface area contributed by atoms with Crippen molar-refractivity contribution in [2.24, 2.45) is 0 Å². The second-order valence-electron chi connectivity index (χ2n) is 3.37. The van der Waals surface area contributed by atoms with Gasteiger partial charge in [0.05, 0.1) is 6.61 Å². The second kappa shape index (κ2) is 17.1. The molecule has 0 aliphatic rings. The quantitative estimate of drug-likeness (QED) is 0.530. The molecule has 0 aromatic carbocycles. The zero-order valence-electron chi connectivity index (χ0n) is 10.8. The smallest absolute Gasteiger partial charge is 0.300 e. The Morgan fingerprint density at radius 3 is 1.65 bits per heavy atom. The predicted octanol–water partition coefficient (Wildman–Crippen LogP) is 3.32. The van der Waals surface area contributed by atoms with Gasteiger partial charge in [0.1, 0.15) is 0 Å². The highest BCUT2D eigenvalue weighted by Crippen LogP contribution is 1.97. The van der Waals surface area contributed by atoms with E-state index >= 15 is 0 Å². The summed E-state index contributed by atoms with van der Waals surface area (Å²) in [6.45, 7) is 3.29. The van der Waals surface area contributed by atoms with Crippen LogP contribution in [0.3, 0.4) is 0 Å². The summed E-state index contributed by atoms with van der Waals surface area (Å²) >= 11 is 0. The van der Waals surface area contributed by atoms with Crippen molar-refractivity contribution < 1.29 is 15.0 Å². The van der Waals surface area contributed by atoms with Crippen LogP contribution >= 0.6 is 0 Å². The van der Waals surface area contributed by atoms with Crippen LogP contribution in [0.1, 0.15) is 39.5 Å². The van der Waals surface area contributed by atoms with Crippen LogP contribution in [-0.2, 0) is 4.79 Å². The second-order valence-corrected chi connectivity index (χ2v) is 3.37. The van der Waals surface area contributed by atoms with Gasteiger partial charge < -0.3 is 10.2 Å². The van der Waals surface area contributed by atoms with Gasteiger partial charge in [0, 0.05) is 6.92 Å². The lowest BCUT2D eigenvalue weighted by Gasteiger charge is -1.87. The van der Waals surface area contributed by atoms with Crippen molar-refractivity contribution in [2.75, 3.05) is 6.61 Å². The van der Waals surface area contributed by atoms with E-state index in [0.717, 1.165) is 32.6 Å². The Bertz CT molecular complexity index is 236. The lowest BCUT2D eigenvalue weighted by atomic mass is 10.2. The number of carboxylic acid groups (broad SMARTS) is 1. The summed E-state index contributed by atoms with van der Waals surface area (Å²) in [6, 6.07) is 0. The molecule has 0 aromatic heterocycles. The molecule has 3 nitrogen and oxygen atoms in total. The molecule has 0 saturated heterocycles. The maximum Gasteiger partial charge on any atom is 0.300 e. The Hall–Kier alpha value is -1.35. The molecular weight excluding hydrogens is 216 g/mol. The van der Waals surface area contributed by atoms with Crippen molar-refractivity contribution in [2.45, 2.75) is 39.5 Å². The van der Waals surface area contributed by atoms with Gasteiger partial charge in [-0.1, -0.05) is 36.5 Å². The fourth-order valence-corrected chi connectivity index (χ4v) is 0.980. The van der Waals surface area contributed by atoms with Gasteiger partial charge in [0.2, 0.25) is 0 Å². The number of hydrogen-bond acceptors (Lipinski definition) is 2. The van der Waals surface area contributed by atoms with Crippen LogP contribution in [0.2, 0.25) is 0 Å². The molecule has 0 heterocycles. The van der Waals surface area contributed by atoms with Crippen molar-refractivity contribution in [3.8, 4) is 0 Å². The third-order valence-corrected chi connectivity index (χ3v) is 1.67. The summed E-state index contributed by atoms with van der Waals surface area (Å²) in [5, 5.41) is 15.9. The summed E-state index contributed by atoms with van der Waals surface area (Å²) in [5.41, 5.74) is 0. The van der Waals surface area contributed by atoms with E-state index in [1.54, 1.807) is 6.08 Å². The number of allylic oxidation sites excluding steroid dienone is 5. The monoisotopic (exact) mass is 240 g/mol. The molecule has 98 valence electrons. The van der Waals surface area contributed by atoms with Gasteiger partial charge in [0.25, 0.3) is 5.97 Å². The van der Waals surface area contributed by atoms with Gasteiger partial charge in [-0.05, 0) is 32.6 Å². The zero-order valence-corrected chi connectivity index (χ0v) is 10.8. The highest BCUT2D eigenvalue weighted by molar-refractivity contribution is 5.62. The van der Waals surface area contributed by atoms with Crippen LogP contribution in [0.4, 0.5) is 0 Å². The molecule has 0 spiro atoms. The molecule has 0 atom stereocenters. The molecule has 17 heavy (non-hydrogen) atoms. The number of aliphatic carboxylic acids is 1. The molecule has 0 radical (unpaired) electrons. The SMILES string of the molecule is CC(=O)O.CC=CCCC=CCCC=CCO. The van der Waals surface area contributed by atoms with Crippen LogP contribution in [0.5, 0.6) is 0 Å². The van der Waals surface area contributed by atoms with Gasteiger partial charge >= 0.3 is 0 Å². The van der Waals surface area contributed by atoms with E-state index in [9.17, 15) is 0 Å². The van der Waals surface area contributed by atoms with Crippen LogP contribution in [0.25, 0.3) is 0 Å². The maximum atomic E-state index is 9.00. The van der Waals surface area contributed by atoms with Crippen molar-refractivity contribution in [1.82, 2.24) is 0 Å². The minimum atomic E-state index is -0.833. The molecule has 0 fully saturated rings. The van der Waals surface area contributed by atoms with Crippen molar-refractivity contribution >= 4 is 5.97 Å². The van der Waals surface area contributed by atoms with E-state index in [1.165, 1.54) is 0 Å². The molecule has 0 unspecified atom stereocenters. The number of carbonyl (C=O) groups is 1. The normalized spacial score (nSPS) is 11.0. The Balaban J connectivity index is 0. The number of aliphatic hydroxyl groups is 1. The first kappa shape index (κ1) is 18.0. The highest BCUT2D eigenvalue weighted by atomic mass is 16.4. The van der Waals surface area contributed by atoms with Crippen molar-refractivity contribution in [3.05, 3.63) is 36.5 Å². The molecule has 0 amide bonds. The summed E-state index contributed by atoms with van der Waals surface area (Å²) < 4.78 is 0. The first-order valence-electron chi connectivity index (χ1n) is 5.86. The summed E-state index contributed by atoms with van der Waals surface area (Å²) in [4.78, 5) is 9.00. The Kier molecular flexibility index (Phi) is 18.1. The third kappa shape index (κ3) is 31.3. The van der Waals surface area contributed by atoms with E-state index in [2.05, 4.69) is 24.3 Å². The van der Waals surface area contributed by atoms with Crippen molar-refractivity contribution in [3.63, 3.8) is 0 Å². The molecule has 0 aromatic rings. The number of rotatable bonds is 7. The largest absolute Gasteiger partial charge is 0.481 e.